The van der Waals surface area contributed by atoms with E-state index in [9.17, 15) is 0 Å². The van der Waals surface area contributed by atoms with E-state index in [4.69, 9.17) is 16.3 Å². The molecule has 4 rings (SSSR count). The van der Waals surface area contributed by atoms with Crippen molar-refractivity contribution in [2.75, 3.05) is 7.11 Å². The van der Waals surface area contributed by atoms with Gasteiger partial charge in [0.05, 0.1) is 24.4 Å². The first-order valence-electron chi connectivity index (χ1n) is 8.17. The molecule has 2 aromatic carbocycles. The number of hydrogen-bond acceptors (Lipinski definition) is 4. The van der Waals surface area contributed by atoms with E-state index in [1.807, 2.05) is 30.3 Å². The lowest BCUT2D eigenvalue weighted by molar-refractivity contribution is 0.415. The summed E-state index contributed by atoms with van der Waals surface area (Å²) in [5, 5.41) is 6.11. The maximum Gasteiger partial charge on any atom is 0.135 e. The fraction of sp³-hybridized carbons (Fsp3) is 0.200. The number of nitrogens with one attached hydrogen (secondary N) is 1. The second-order valence-electron chi connectivity index (χ2n) is 6.24. The minimum absolute atomic E-state index is 0.0304. The van der Waals surface area contributed by atoms with Crippen molar-refractivity contribution in [3.63, 3.8) is 0 Å². The van der Waals surface area contributed by atoms with E-state index in [-0.39, 0.29) is 6.04 Å². The van der Waals surface area contributed by atoms with E-state index in [0.717, 1.165) is 39.9 Å². The molecule has 0 saturated carbocycles. The van der Waals surface area contributed by atoms with Gasteiger partial charge in [-0.3, -0.25) is 0 Å². The van der Waals surface area contributed by atoms with Crippen LogP contribution in [-0.2, 0) is 0 Å². The number of fused-ring (bicyclic) bond motifs is 1. The van der Waals surface area contributed by atoms with Crippen LogP contribution >= 0.6 is 11.6 Å². The number of aromatic nitrogens is 1. The highest BCUT2D eigenvalue weighted by atomic mass is 35.5. The number of halogens is 1. The summed E-state index contributed by atoms with van der Waals surface area (Å²) in [7, 11) is 1.66. The summed E-state index contributed by atoms with van der Waals surface area (Å²) in [6.07, 6.45) is 0.769. The summed E-state index contributed by atoms with van der Waals surface area (Å²) >= 11 is 6.45. The van der Waals surface area contributed by atoms with Crippen LogP contribution in [0.2, 0.25) is 5.15 Å². The lowest BCUT2D eigenvalue weighted by Gasteiger charge is -2.13. The third kappa shape index (κ3) is 3.05. The van der Waals surface area contributed by atoms with Crippen LogP contribution in [0.3, 0.4) is 0 Å². The number of rotatable bonds is 3. The molecule has 1 aliphatic rings. The third-order valence-electron chi connectivity index (χ3n) is 4.51. The Kier molecular flexibility index (Phi) is 4.06. The quantitative estimate of drug-likeness (QED) is 0.699. The molecule has 1 aliphatic heterocycles. The van der Waals surface area contributed by atoms with Crippen LogP contribution in [0.1, 0.15) is 29.2 Å². The van der Waals surface area contributed by atoms with Crippen LogP contribution in [0.4, 0.5) is 0 Å². The molecule has 1 atom stereocenters. The first-order chi connectivity index (χ1) is 12.1. The van der Waals surface area contributed by atoms with Crippen LogP contribution < -0.4 is 10.2 Å². The Hall–Kier alpha value is -2.59. The molecule has 3 aromatic rings. The van der Waals surface area contributed by atoms with Crippen molar-refractivity contribution in [2.45, 2.75) is 19.4 Å². The van der Waals surface area contributed by atoms with Gasteiger partial charge in [0.15, 0.2) is 0 Å². The molecule has 1 unspecified atom stereocenters. The standard InChI is InChI=1S/C20H18ClN3O/c1-12-3-4-14-10-16(20(21)22-17(14)9-12)19-11-18(23-24-19)13-5-7-15(25-2)8-6-13/h3-10,19,24H,11H2,1-2H3. The van der Waals surface area contributed by atoms with E-state index >= 15 is 0 Å². The van der Waals surface area contributed by atoms with Gasteiger partial charge in [0, 0.05) is 17.4 Å². The molecule has 0 spiro atoms. The Morgan fingerprint density at radius 1 is 1.12 bits per heavy atom. The highest BCUT2D eigenvalue weighted by molar-refractivity contribution is 6.30. The Morgan fingerprint density at radius 2 is 1.92 bits per heavy atom. The highest BCUT2D eigenvalue weighted by Crippen LogP contribution is 2.31. The average Bonchev–Trinajstić information content (AvgIpc) is 3.11. The van der Waals surface area contributed by atoms with E-state index in [1.54, 1.807) is 7.11 Å². The van der Waals surface area contributed by atoms with Crippen molar-refractivity contribution >= 4 is 28.2 Å². The number of ether oxygens (including phenoxy) is 1. The molecule has 1 aromatic heterocycles. The van der Waals surface area contributed by atoms with Crippen molar-refractivity contribution in [3.8, 4) is 5.75 Å². The van der Waals surface area contributed by atoms with Gasteiger partial charge >= 0.3 is 0 Å². The number of benzene rings is 2. The first-order valence-corrected chi connectivity index (χ1v) is 8.55. The highest BCUT2D eigenvalue weighted by Gasteiger charge is 2.24. The number of pyridine rings is 1. The zero-order valence-electron chi connectivity index (χ0n) is 14.1. The van der Waals surface area contributed by atoms with Gasteiger partial charge in [-0.15, -0.1) is 0 Å². The molecule has 2 heterocycles. The van der Waals surface area contributed by atoms with Crippen molar-refractivity contribution < 1.29 is 4.74 Å². The summed E-state index contributed by atoms with van der Waals surface area (Å²) in [5.41, 5.74) is 8.36. The van der Waals surface area contributed by atoms with Gasteiger partial charge in [-0.25, -0.2) is 4.98 Å². The number of nitrogens with zero attached hydrogens (tertiary/aromatic N) is 2. The molecular weight excluding hydrogens is 334 g/mol. The molecule has 4 nitrogen and oxygen atoms in total. The van der Waals surface area contributed by atoms with Crippen LogP contribution in [0.25, 0.3) is 10.9 Å². The Labute approximate surface area is 151 Å². The second-order valence-corrected chi connectivity index (χ2v) is 6.60. The zero-order chi connectivity index (χ0) is 17.4. The normalized spacial score (nSPS) is 16.6. The summed E-state index contributed by atoms with van der Waals surface area (Å²) in [5.74, 6) is 0.837. The van der Waals surface area contributed by atoms with E-state index in [0.29, 0.717) is 5.15 Å². The fourth-order valence-electron chi connectivity index (χ4n) is 3.10. The van der Waals surface area contributed by atoms with Gasteiger partial charge < -0.3 is 10.2 Å². The number of hydrogen-bond donors (Lipinski definition) is 1. The van der Waals surface area contributed by atoms with Crippen LogP contribution in [0, 0.1) is 6.92 Å². The van der Waals surface area contributed by atoms with E-state index in [1.165, 1.54) is 5.56 Å². The number of hydrazone groups is 1. The number of aryl methyl sites for hydroxylation is 1. The molecule has 0 amide bonds. The molecule has 0 fully saturated rings. The molecule has 25 heavy (non-hydrogen) atoms. The predicted molar refractivity (Wildman–Crippen MR) is 102 cm³/mol. The Morgan fingerprint density at radius 3 is 2.68 bits per heavy atom. The fourth-order valence-corrected chi connectivity index (χ4v) is 3.38. The molecule has 5 heteroatoms. The monoisotopic (exact) mass is 351 g/mol. The first kappa shape index (κ1) is 15.9. The van der Waals surface area contributed by atoms with Gasteiger partial charge in [-0.05, 0) is 54.4 Å². The molecule has 0 radical (unpaired) electrons. The largest absolute Gasteiger partial charge is 0.497 e. The molecule has 1 N–H and O–H groups in total. The van der Waals surface area contributed by atoms with Crippen molar-refractivity contribution in [1.29, 1.82) is 0 Å². The molecule has 0 bridgehead atoms. The lowest BCUT2D eigenvalue weighted by Crippen LogP contribution is -2.11. The Balaban J connectivity index is 1.60. The SMILES string of the molecule is COc1ccc(C2=NNC(c3cc4ccc(C)cc4nc3Cl)C2)cc1. The number of methoxy groups -OCH3 is 1. The van der Waals surface area contributed by atoms with Gasteiger partial charge in [0.25, 0.3) is 0 Å². The summed E-state index contributed by atoms with van der Waals surface area (Å²) in [6.45, 7) is 2.05. The minimum Gasteiger partial charge on any atom is -0.497 e. The topological polar surface area (TPSA) is 46.5 Å². The summed E-state index contributed by atoms with van der Waals surface area (Å²) in [4.78, 5) is 4.56. The lowest BCUT2D eigenvalue weighted by atomic mass is 9.99. The van der Waals surface area contributed by atoms with Crippen molar-refractivity contribution in [1.82, 2.24) is 10.4 Å². The summed E-state index contributed by atoms with van der Waals surface area (Å²) < 4.78 is 5.21. The maximum absolute atomic E-state index is 6.45. The van der Waals surface area contributed by atoms with E-state index in [2.05, 4.69) is 40.6 Å². The van der Waals surface area contributed by atoms with Crippen LogP contribution in [0.5, 0.6) is 5.75 Å². The van der Waals surface area contributed by atoms with Crippen LogP contribution in [0.15, 0.2) is 53.6 Å². The van der Waals surface area contributed by atoms with Crippen molar-refractivity contribution in [3.05, 3.63) is 70.4 Å². The van der Waals surface area contributed by atoms with Gasteiger partial charge in [-0.1, -0.05) is 23.7 Å². The second kappa shape index (κ2) is 6.37. The maximum atomic E-state index is 6.45. The van der Waals surface area contributed by atoms with Crippen LogP contribution in [-0.4, -0.2) is 17.8 Å². The van der Waals surface area contributed by atoms with Gasteiger partial charge in [-0.2, -0.15) is 5.10 Å². The molecule has 0 aliphatic carbocycles. The zero-order valence-corrected chi connectivity index (χ0v) is 14.8. The third-order valence-corrected chi connectivity index (χ3v) is 4.81. The van der Waals surface area contributed by atoms with Gasteiger partial charge in [0.1, 0.15) is 10.9 Å². The smallest absolute Gasteiger partial charge is 0.135 e. The Bertz CT molecular complexity index is 967. The minimum atomic E-state index is 0.0304. The average molecular weight is 352 g/mol. The predicted octanol–water partition coefficient (Wildman–Crippen LogP) is 4.64. The van der Waals surface area contributed by atoms with E-state index < -0.39 is 0 Å². The molecular formula is C20H18ClN3O. The summed E-state index contributed by atoms with van der Waals surface area (Å²) in [6, 6.07) is 16.3. The van der Waals surface area contributed by atoms with Crippen molar-refractivity contribution in [2.24, 2.45) is 5.10 Å². The molecule has 0 saturated heterocycles. The molecule has 126 valence electrons. The van der Waals surface area contributed by atoms with Gasteiger partial charge in [0.2, 0.25) is 0 Å².